The van der Waals surface area contributed by atoms with Crippen molar-refractivity contribution < 1.29 is 18.9 Å². The van der Waals surface area contributed by atoms with Gasteiger partial charge >= 0.3 is 0 Å². The maximum atomic E-state index is 12.5. The van der Waals surface area contributed by atoms with Crippen LogP contribution in [0.2, 0.25) is 0 Å². The molecule has 0 radical (unpaired) electrons. The number of nitrogens with one attached hydrogen (secondary N) is 3. The van der Waals surface area contributed by atoms with Crippen molar-refractivity contribution in [3.63, 3.8) is 0 Å². The second-order valence-corrected chi connectivity index (χ2v) is 5.92. The molecule has 0 atom stereocenters. The highest BCUT2D eigenvalue weighted by atomic mass is 16.5. The first-order valence-corrected chi connectivity index (χ1v) is 8.30. The van der Waals surface area contributed by atoms with Crippen molar-refractivity contribution >= 4 is 34.9 Å². The number of aromatic nitrogens is 2. The van der Waals surface area contributed by atoms with E-state index >= 15 is 0 Å². The number of hydrogen-bond donors (Lipinski definition) is 3. The van der Waals surface area contributed by atoms with Crippen LogP contribution in [0.5, 0.6) is 0 Å². The molecule has 142 valence electrons. The molecule has 0 fully saturated rings. The van der Waals surface area contributed by atoms with Crippen LogP contribution in [0.15, 0.2) is 53.2 Å². The van der Waals surface area contributed by atoms with Crippen LogP contribution >= 0.6 is 0 Å². The molecule has 3 N–H and O–H groups in total. The van der Waals surface area contributed by atoms with Gasteiger partial charge in [0.25, 0.3) is 11.8 Å². The van der Waals surface area contributed by atoms with Crippen LogP contribution in [0.3, 0.4) is 0 Å². The molecule has 0 saturated carbocycles. The van der Waals surface area contributed by atoms with E-state index in [1.165, 1.54) is 25.3 Å². The number of benzene rings is 1. The number of carbonyl (C=O) groups excluding carboxylic acids is 3. The van der Waals surface area contributed by atoms with E-state index in [4.69, 9.17) is 4.52 Å². The highest BCUT2D eigenvalue weighted by Gasteiger charge is 2.14. The molecule has 0 unspecified atom stereocenters. The average Bonchev–Trinajstić information content (AvgIpc) is 3.06. The molecule has 3 aromatic rings. The van der Waals surface area contributed by atoms with Crippen LogP contribution in [-0.4, -0.2) is 27.9 Å². The van der Waals surface area contributed by atoms with Crippen molar-refractivity contribution in [3.8, 4) is 0 Å². The van der Waals surface area contributed by atoms with E-state index < -0.39 is 11.8 Å². The summed E-state index contributed by atoms with van der Waals surface area (Å²) in [5.41, 5.74) is 1.36. The van der Waals surface area contributed by atoms with E-state index in [1.54, 1.807) is 37.3 Å². The number of pyridine rings is 1. The molecular formula is C19H17N5O4. The van der Waals surface area contributed by atoms with Gasteiger partial charge in [0.1, 0.15) is 11.5 Å². The van der Waals surface area contributed by atoms with Crippen molar-refractivity contribution in [1.29, 1.82) is 0 Å². The predicted molar refractivity (Wildman–Crippen MR) is 102 cm³/mol. The molecule has 0 spiro atoms. The van der Waals surface area contributed by atoms with Gasteiger partial charge < -0.3 is 20.5 Å². The average molecular weight is 379 g/mol. The summed E-state index contributed by atoms with van der Waals surface area (Å²) in [6, 6.07) is 11.1. The van der Waals surface area contributed by atoms with E-state index in [9.17, 15) is 14.4 Å². The van der Waals surface area contributed by atoms with Gasteiger partial charge in [-0.15, -0.1) is 0 Å². The minimum atomic E-state index is -0.518. The molecule has 0 bridgehead atoms. The lowest BCUT2D eigenvalue weighted by Crippen LogP contribution is -2.17. The van der Waals surface area contributed by atoms with E-state index in [2.05, 4.69) is 26.1 Å². The van der Waals surface area contributed by atoms with E-state index in [1.807, 2.05) is 0 Å². The third-order valence-corrected chi connectivity index (χ3v) is 3.57. The number of rotatable bonds is 5. The summed E-state index contributed by atoms with van der Waals surface area (Å²) < 4.78 is 4.89. The summed E-state index contributed by atoms with van der Waals surface area (Å²) in [7, 11) is 0. The molecule has 9 nitrogen and oxygen atoms in total. The largest absolute Gasteiger partial charge is 0.360 e. The molecule has 0 aliphatic carbocycles. The van der Waals surface area contributed by atoms with Crippen molar-refractivity contribution in [2.75, 3.05) is 16.0 Å². The van der Waals surface area contributed by atoms with Crippen LogP contribution in [0.4, 0.5) is 17.2 Å². The predicted octanol–water partition coefficient (Wildman–Crippen LogP) is 2.84. The Morgan fingerprint density at radius 1 is 0.929 bits per heavy atom. The van der Waals surface area contributed by atoms with Crippen LogP contribution in [0.1, 0.15) is 33.5 Å². The van der Waals surface area contributed by atoms with Gasteiger partial charge in [0.05, 0.1) is 0 Å². The van der Waals surface area contributed by atoms with Crippen LogP contribution in [-0.2, 0) is 4.79 Å². The van der Waals surface area contributed by atoms with Gasteiger partial charge in [0.2, 0.25) is 5.91 Å². The summed E-state index contributed by atoms with van der Waals surface area (Å²) >= 11 is 0. The van der Waals surface area contributed by atoms with Crippen LogP contribution in [0.25, 0.3) is 0 Å². The van der Waals surface area contributed by atoms with Crippen LogP contribution < -0.4 is 16.0 Å². The fraction of sp³-hybridized carbons (Fsp3) is 0.105. The Bertz CT molecular complexity index is 1040. The van der Waals surface area contributed by atoms with Crippen molar-refractivity contribution in [2.24, 2.45) is 0 Å². The standard InChI is InChI=1S/C19H17N5O4/c1-11-8-17(24-28-11)23-19(27)16-9-13(6-7-20-16)18(26)22-15-5-3-4-14(10-15)21-12(2)25/h3-10H,1-2H3,(H,21,25)(H,22,26)(H,23,24,27). The highest BCUT2D eigenvalue weighted by molar-refractivity contribution is 6.07. The molecule has 0 aliphatic heterocycles. The summed E-state index contributed by atoms with van der Waals surface area (Å²) in [5.74, 6) is -0.341. The smallest absolute Gasteiger partial charge is 0.275 e. The molecule has 2 aromatic heterocycles. The lowest BCUT2D eigenvalue weighted by Gasteiger charge is -2.08. The SMILES string of the molecule is CC(=O)Nc1cccc(NC(=O)c2ccnc(C(=O)Nc3cc(C)on3)c2)c1. The number of anilines is 3. The molecule has 2 heterocycles. The first-order valence-electron chi connectivity index (χ1n) is 8.30. The molecule has 1 aromatic carbocycles. The van der Waals surface area contributed by atoms with Crippen molar-refractivity contribution in [1.82, 2.24) is 10.1 Å². The van der Waals surface area contributed by atoms with Crippen molar-refractivity contribution in [3.05, 3.63) is 65.7 Å². The molecule has 0 aliphatic rings. The molecular weight excluding hydrogens is 362 g/mol. The van der Waals surface area contributed by atoms with E-state index in [0.29, 0.717) is 17.1 Å². The molecule has 3 amide bonds. The fourth-order valence-corrected chi connectivity index (χ4v) is 2.38. The summed E-state index contributed by atoms with van der Waals surface area (Å²) in [6.07, 6.45) is 1.37. The molecule has 28 heavy (non-hydrogen) atoms. The van der Waals surface area contributed by atoms with Gasteiger partial charge in [-0.25, -0.2) is 0 Å². The lowest BCUT2D eigenvalue weighted by molar-refractivity contribution is -0.114. The number of aryl methyl sites for hydroxylation is 1. The van der Waals surface area contributed by atoms with Gasteiger partial charge in [0, 0.05) is 36.1 Å². The maximum Gasteiger partial charge on any atom is 0.275 e. The van der Waals surface area contributed by atoms with E-state index in [-0.39, 0.29) is 23.0 Å². The van der Waals surface area contributed by atoms with Crippen molar-refractivity contribution in [2.45, 2.75) is 13.8 Å². The highest BCUT2D eigenvalue weighted by Crippen LogP contribution is 2.16. The Morgan fingerprint density at radius 2 is 1.68 bits per heavy atom. The summed E-state index contributed by atoms with van der Waals surface area (Å²) in [5, 5.41) is 11.6. The first kappa shape index (κ1) is 18.8. The Balaban J connectivity index is 1.71. The second-order valence-electron chi connectivity index (χ2n) is 5.92. The Kier molecular flexibility index (Phi) is 5.45. The number of amides is 3. The zero-order valence-corrected chi connectivity index (χ0v) is 15.1. The third-order valence-electron chi connectivity index (χ3n) is 3.57. The second kappa shape index (κ2) is 8.12. The number of hydrogen-bond acceptors (Lipinski definition) is 6. The van der Waals surface area contributed by atoms with Gasteiger partial charge in [0.15, 0.2) is 5.82 Å². The fourth-order valence-electron chi connectivity index (χ4n) is 2.38. The zero-order valence-electron chi connectivity index (χ0n) is 15.1. The van der Waals surface area contributed by atoms with Gasteiger partial charge in [-0.2, -0.15) is 0 Å². The Labute approximate surface area is 160 Å². The maximum absolute atomic E-state index is 12.5. The number of carbonyl (C=O) groups is 3. The summed E-state index contributed by atoms with van der Waals surface area (Å²) in [6.45, 7) is 3.10. The summed E-state index contributed by atoms with van der Waals surface area (Å²) in [4.78, 5) is 39.9. The third kappa shape index (κ3) is 4.79. The number of nitrogens with zero attached hydrogens (tertiary/aromatic N) is 2. The van der Waals surface area contributed by atoms with E-state index in [0.717, 1.165) is 0 Å². The minimum absolute atomic E-state index is 0.0558. The van der Waals surface area contributed by atoms with Gasteiger partial charge in [-0.1, -0.05) is 11.2 Å². The molecule has 9 heteroatoms. The normalized spacial score (nSPS) is 10.2. The van der Waals surface area contributed by atoms with Gasteiger partial charge in [-0.3, -0.25) is 19.4 Å². The molecule has 3 rings (SSSR count). The Morgan fingerprint density at radius 3 is 2.36 bits per heavy atom. The van der Waals surface area contributed by atoms with Crippen LogP contribution in [0, 0.1) is 6.92 Å². The monoisotopic (exact) mass is 379 g/mol. The topological polar surface area (TPSA) is 126 Å². The molecule has 0 saturated heterocycles. The quantitative estimate of drug-likeness (QED) is 0.626. The Hall–Kier alpha value is -4.01. The lowest BCUT2D eigenvalue weighted by atomic mass is 10.2. The first-order chi connectivity index (χ1) is 13.4. The zero-order chi connectivity index (χ0) is 20.1. The van der Waals surface area contributed by atoms with Gasteiger partial charge in [-0.05, 0) is 37.3 Å². The minimum Gasteiger partial charge on any atom is -0.360 e.